The first kappa shape index (κ1) is 13.0. The van der Waals surface area contributed by atoms with Gasteiger partial charge in [-0.2, -0.15) is 0 Å². The van der Waals surface area contributed by atoms with Crippen LogP contribution in [0.25, 0.3) is 6.08 Å². The van der Waals surface area contributed by atoms with Gasteiger partial charge in [-0.15, -0.1) is 0 Å². The van der Waals surface area contributed by atoms with E-state index in [-0.39, 0.29) is 12.6 Å². The van der Waals surface area contributed by atoms with Gasteiger partial charge in [-0.05, 0) is 25.1 Å². The fourth-order valence-corrected chi connectivity index (χ4v) is 2.18. The molecule has 0 aromatic heterocycles. The Morgan fingerprint density at radius 1 is 1.50 bits per heavy atom. The Labute approximate surface area is 114 Å². The van der Waals surface area contributed by atoms with Crippen LogP contribution in [0.4, 0.5) is 0 Å². The van der Waals surface area contributed by atoms with Gasteiger partial charge in [-0.25, -0.2) is 4.79 Å². The molecule has 1 aliphatic heterocycles. The Balaban J connectivity index is 2.39. The lowest BCUT2D eigenvalue weighted by molar-refractivity contribution is -0.138. The third kappa shape index (κ3) is 2.51. The maximum Gasteiger partial charge on any atom is 0.337 e. The summed E-state index contributed by atoms with van der Waals surface area (Å²) in [5.41, 5.74) is 1.31. The molecule has 0 saturated carbocycles. The average molecular weight is 313 g/mol. The second-order valence-corrected chi connectivity index (χ2v) is 4.62. The first-order valence-corrected chi connectivity index (χ1v) is 6.33. The molecule has 4 nitrogen and oxygen atoms in total. The Kier molecular flexibility index (Phi) is 3.91. The number of carbonyl (C=O) groups is 1. The van der Waals surface area contributed by atoms with Crippen LogP contribution in [0.3, 0.4) is 0 Å². The van der Waals surface area contributed by atoms with Gasteiger partial charge in [-0.1, -0.05) is 15.9 Å². The lowest BCUT2D eigenvalue weighted by Gasteiger charge is -2.19. The number of hydrogen-bond acceptors (Lipinski definition) is 4. The minimum absolute atomic E-state index is 0.198. The molecule has 2 rings (SSSR count). The topological polar surface area (TPSA) is 44.8 Å². The average Bonchev–Trinajstić information content (AvgIpc) is 2.37. The molecule has 0 aliphatic carbocycles. The highest BCUT2D eigenvalue weighted by Gasteiger charge is 2.21. The molecular weight excluding hydrogens is 300 g/mol. The molecule has 18 heavy (non-hydrogen) atoms. The Morgan fingerprint density at radius 2 is 2.28 bits per heavy atom. The van der Waals surface area contributed by atoms with Crippen molar-refractivity contribution in [1.29, 1.82) is 0 Å². The van der Waals surface area contributed by atoms with Gasteiger partial charge in [0.25, 0.3) is 0 Å². The molecule has 1 aliphatic rings. The van der Waals surface area contributed by atoms with Crippen molar-refractivity contribution in [2.75, 3.05) is 20.3 Å². The second kappa shape index (κ2) is 5.44. The monoisotopic (exact) mass is 312 g/mol. The summed E-state index contributed by atoms with van der Waals surface area (Å²) in [6.07, 6.45) is 1.77. The largest absolute Gasteiger partial charge is 0.493 e. The van der Waals surface area contributed by atoms with Crippen molar-refractivity contribution in [2.24, 2.45) is 0 Å². The zero-order valence-electron chi connectivity index (χ0n) is 10.2. The van der Waals surface area contributed by atoms with Crippen molar-refractivity contribution in [1.82, 2.24) is 0 Å². The first-order chi connectivity index (χ1) is 8.65. The molecule has 0 spiro atoms. The number of fused-ring (bicyclic) bond motifs is 1. The van der Waals surface area contributed by atoms with Crippen LogP contribution < -0.4 is 9.47 Å². The quantitative estimate of drug-likeness (QED) is 0.805. The van der Waals surface area contributed by atoms with Crippen LogP contribution in [-0.2, 0) is 9.53 Å². The van der Waals surface area contributed by atoms with E-state index in [9.17, 15) is 4.79 Å². The minimum Gasteiger partial charge on any atom is -0.493 e. The van der Waals surface area contributed by atoms with E-state index in [1.165, 1.54) is 0 Å². The zero-order valence-corrected chi connectivity index (χ0v) is 11.7. The number of ether oxygens (including phenoxy) is 3. The Hall–Kier alpha value is -1.49. The number of benzene rings is 1. The molecule has 0 bridgehead atoms. The third-order valence-corrected chi connectivity index (χ3v) is 2.97. The molecule has 0 unspecified atom stereocenters. The summed E-state index contributed by atoms with van der Waals surface area (Å²) >= 11 is 3.39. The van der Waals surface area contributed by atoms with E-state index in [2.05, 4.69) is 15.9 Å². The molecule has 1 aromatic rings. The molecule has 5 heteroatoms. The van der Waals surface area contributed by atoms with Crippen molar-refractivity contribution in [3.05, 3.63) is 27.7 Å². The maximum absolute atomic E-state index is 11.6. The molecular formula is C13H13BrO4. The number of methoxy groups -OCH3 is 1. The number of rotatable bonds is 3. The summed E-state index contributed by atoms with van der Waals surface area (Å²) < 4.78 is 16.6. The molecule has 0 saturated heterocycles. The van der Waals surface area contributed by atoms with E-state index < -0.39 is 0 Å². The van der Waals surface area contributed by atoms with E-state index in [1.807, 2.05) is 12.1 Å². The fourth-order valence-electron chi connectivity index (χ4n) is 1.72. The van der Waals surface area contributed by atoms with Crippen molar-refractivity contribution in [3.8, 4) is 11.5 Å². The van der Waals surface area contributed by atoms with Gasteiger partial charge in [0.1, 0.15) is 6.61 Å². The van der Waals surface area contributed by atoms with Crippen LogP contribution in [0, 0.1) is 0 Å². The van der Waals surface area contributed by atoms with Crippen molar-refractivity contribution >= 4 is 28.0 Å². The van der Waals surface area contributed by atoms with Gasteiger partial charge >= 0.3 is 5.97 Å². The van der Waals surface area contributed by atoms with Gasteiger partial charge in [0.15, 0.2) is 11.5 Å². The second-order valence-electron chi connectivity index (χ2n) is 3.71. The molecule has 0 amide bonds. The molecule has 0 radical (unpaired) electrons. The van der Waals surface area contributed by atoms with Crippen molar-refractivity contribution in [3.63, 3.8) is 0 Å². The van der Waals surface area contributed by atoms with Gasteiger partial charge in [0, 0.05) is 10.0 Å². The maximum atomic E-state index is 11.6. The summed E-state index contributed by atoms with van der Waals surface area (Å²) in [5.74, 6) is 0.939. The molecule has 0 atom stereocenters. The fraction of sp³-hybridized carbons (Fsp3) is 0.308. The normalized spacial score (nSPS) is 13.2. The van der Waals surface area contributed by atoms with Crippen molar-refractivity contribution < 1.29 is 19.0 Å². The summed E-state index contributed by atoms with van der Waals surface area (Å²) in [5, 5.41) is 0. The zero-order chi connectivity index (χ0) is 13.1. The molecule has 0 N–H and O–H groups in total. The van der Waals surface area contributed by atoms with E-state index in [4.69, 9.17) is 14.2 Å². The first-order valence-electron chi connectivity index (χ1n) is 5.53. The molecule has 96 valence electrons. The number of halogens is 1. The van der Waals surface area contributed by atoms with Crippen LogP contribution in [0.2, 0.25) is 0 Å². The van der Waals surface area contributed by atoms with Gasteiger partial charge < -0.3 is 14.2 Å². The predicted molar refractivity (Wildman–Crippen MR) is 70.8 cm³/mol. The Bertz CT molecular complexity index is 508. The number of hydrogen-bond donors (Lipinski definition) is 0. The van der Waals surface area contributed by atoms with E-state index in [0.29, 0.717) is 23.7 Å². The minimum atomic E-state index is -0.345. The van der Waals surface area contributed by atoms with Gasteiger partial charge in [-0.3, -0.25) is 0 Å². The molecule has 0 fully saturated rings. The smallest absolute Gasteiger partial charge is 0.337 e. The van der Waals surface area contributed by atoms with E-state index in [0.717, 1.165) is 10.0 Å². The van der Waals surface area contributed by atoms with Crippen molar-refractivity contribution in [2.45, 2.75) is 6.92 Å². The highest BCUT2D eigenvalue weighted by molar-refractivity contribution is 9.10. The van der Waals surface area contributed by atoms with Gasteiger partial charge in [0.2, 0.25) is 0 Å². The lowest BCUT2D eigenvalue weighted by atomic mass is 10.1. The van der Waals surface area contributed by atoms with Crippen LogP contribution in [0.15, 0.2) is 22.2 Å². The molecule has 1 heterocycles. The van der Waals surface area contributed by atoms with Gasteiger partial charge in [0.05, 0.1) is 19.3 Å². The number of carbonyl (C=O) groups excluding carboxylic acids is 1. The van der Waals surface area contributed by atoms with Crippen LogP contribution >= 0.6 is 15.9 Å². The molecule has 1 aromatic carbocycles. The summed E-state index contributed by atoms with van der Waals surface area (Å²) in [4.78, 5) is 11.6. The Morgan fingerprint density at radius 3 is 2.94 bits per heavy atom. The lowest BCUT2D eigenvalue weighted by Crippen LogP contribution is -2.17. The standard InChI is InChI=1S/C13H13BrO4/c1-3-17-13(15)9-4-8-5-10(14)6-11(16-2)12(8)18-7-9/h4-6H,3,7H2,1-2H3. The summed E-state index contributed by atoms with van der Waals surface area (Å²) in [7, 11) is 1.58. The number of esters is 1. The van der Waals surface area contributed by atoms with Crippen LogP contribution in [0.1, 0.15) is 12.5 Å². The summed E-state index contributed by atoms with van der Waals surface area (Å²) in [6, 6.07) is 3.69. The highest BCUT2D eigenvalue weighted by atomic mass is 79.9. The van der Waals surface area contributed by atoms with E-state index in [1.54, 1.807) is 20.1 Å². The SMILES string of the molecule is CCOC(=O)C1=Cc2cc(Br)cc(OC)c2OC1. The van der Waals surface area contributed by atoms with Crippen LogP contribution in [0.5, 0.6) is 11.5 Å². The van der Waals surface area contributed by atoms with E-state index >= 15 is 0 Å². The highest BCUT2D eigenvalue weighted by Crippen LogP contribution is 2.38. The predicted octanol–water partition coefficient (Wildman–Crippen LogP) is 2.80. The third-order valence-electron chi connectivity index (χ3n) is 2.51. The summed E-state index contributed by atoms with van der Waals surface area (Å²) in [6.45, 7) is 2.32. The van der Waals surface area contributed by atoms with Crippen LogP contribution in [-0.4, -0.2) is 26.3 Å².